The van der Waals surface area contributed by atoms with Crippen molar-refractivity contribution in [1.82, 2.24) is 4.90 Å². The van der Waals surface area contributed by atoms with E-state index in [1.165, 1.54) is 0 Å². The van der Waals surface area contributed by atoms with Crippen molar-refractivity contribution >= 4 is 11.7 Å². The van der Waals surface area contributed by atoms with Gasteiger partial charge in [0.05, 0.1) is 6.04 Å². The Morgan fingerprint density at radius 1 is 1.33 bits per heavy atom. The maximum absolute atomic E-state index is 11.8. The van der Waals surface area contributed by atoms with E-state index in [0.717, 1.165) is 0 Å². The summed E-state index contributed by atoms with van der Waals surface area (Å²) in [5, 5.41) is 7.47. The number of nitrogens with zero attached hydrogens (tertiary/aromatic N) is 1. The molecule has 1 atom stereocenters. The predicted octanol–water partition coefficient (Wildman–Crippen LogP) is 1.45. The smallest absolute Gasteiger partial charge is 0.223 e. The average Bonchev–Trinajstić information content (AvgIpc) is 2.00. The van der Waals surface area contributed by atoms with Crippen molar-refractivity contribution in [3.8, 4) is 0 Å². The van der Waals surface area contributed by atoms with Gasteiger partial charge in [-0.2, -0.15) is 0 Å². The lowest BCUT2D eigenvalue weighted by atomic mass is 10.0. The third-order valence-corrected chi connectivity index (χ3v) is 2.34. The zero-order valence-corrected chi connectivity index (χ0v) is 10.4. The number of nitrogens with two attached hydrogens (primary N) is 1. The third-order valence-electron chi connectivity index (χ3n) is 2.34. The fourth-order valence-corrected chi connectivity index (χ4v) is 1.66. The van der Waals surface area contributed by atoms with Gasteiger partial charge < -0.3 is 10.6 Å². The van der Waals surface area contributed by atoms with Crippen molar-refractivity contribution < 1.29 is 4.79 Å². The van der Waals surface area contributed by atoms with Crippen LogP contribution in [0.2, 0.25) is 0 Å². The highest BCUT2D eigenvalue weighted by Crippen LogP contribution is 2.12. The van der Waals surface area contributed by atoms with E-state index in [-0.39, 0.29) is 23.7 Å². The van der Waals surface area contributed by atoms with Gasteiger partial charge in [0.2, 0.25) is 5.91 Å². The number of hydrogen-bond acceptors (Lipinski definition) is 2. The predicted molar refractivity (Wildman–Crippen MR) is 62.8 cm³/mol. The Balaban J connectivity index is 4.57. The molecule has 4 nitrogen and oxygen atoms in total. The second-order valence-corrected chi connectivity index (χ2v) is 4.75. The van der Waals surface area contributed by atoms with Gasteiger partial charge in [0.1, 0.15) is 5.84 Å². The monoisotopic (exact) mass is 213 g/mol. The lowest BCUT2D eigenvalue weighted by molar-refractivity contribution is -0.132. The summed E-state index contributed by atoms with van der Waals surface area (Å²) in [4.78, 5) is 13.4. The second-order valence-electron chi connectivity index (χ2n) is 4.75. The Labute approximate surface area is 92.3 Å². The standard InChI is InChI=1S/C11H23N3O/c1-7(2)6-9(15)14(5)10(8(3)4)11(12)13/h7-8,10H,6H2,1-5H3,(H3,12,13)/t10-/m0/s1. The summed E-state index contributed by atoms with van der Waals surface area (Å²) in [7, 11) is 1.72. The van der Waals surface area contributed by atoms with Crippen molar-refractivity contribution in [1.29, 1.82) is 5.41 Å². The number of nitrogens with one attached hydrogen (secondary N) is 1. The largest absolute Gasteiger partial charge is 0.386 e. The molecule has 0 aliphatic heterocycles. The molecular formula is C11H23N3O. The summed E-state index contributed by atoms with van der Waals surface area (Å²) in [6, 6.07) is -0.281. The first-order valence-corrected chi connectivity index (χ1v) is 5.37. The molecular weight excluding hydrogens is 190 g/mol. The third kappa shape index (κ3) is 4.32. The van der Waals surface area contributed by atoms with Crippen LogP contribution in [0.5, 0.6) is 0 Å². The van der Waals surface area contributed by atoms with Crippen LogP contribution in [0, 0.1) is 17.2 Å². The molecule has 0 saturated heterocycles. The summed E-state index contributed by atoms with van der Waals surface area (Å²) in [5.74, 6) is 0.617. The van der Waals surface area contributed by atoms with E-state index in [1.807, 2.05) is 27.7 Å². The van der Waals surface area contributed by atoms with Gasteiger partial charge in [-0.25, -0.2) is 0 Å². The van der Waals surface area contributed by atoms with Gasteiger partial charge in [-0.05, 0) is 11.8 Å². The van der Waals surface area contributed by atoms with E-state index >= 15 is 0 Å². The Kier molecular flexibility index (Phi) is 5.33. The first-order chi connectivity index (χ1) is 6.77. The van der Waals surface area contributed by atoms with E-state index in [0.29, 0.717) is 12.3 Å². The van der Waals surface area contributed by atoms with Gasteiger partial charge >= 0.3 is 0 Å². The number of carbonyl (C=O) groups is 1. The van der Waals surface area contributed by atoms with Crippen molar-refractivity contribution in [3.63, 3.8) is 0 Å². The highest BCUT2D eigenvalue weighted by atomic mass is 16.2. The number of hydrogen-bond donors (Lipinski definition) is 2. The van der Waals surface area contributed by atoms with E-state index in [9.17, 15) is 4.79 Å². The van der Waals surface area contributed by atoms with Crippen molar-refractivity contribution in [3.05, 3.63) is 0 Å². The molecule has 0 spiro atoms. The number of likely N-dealkylation sites (N-methyl/N-ethyl adjacent to an activating group) is 1. The Morgan fingerprint density at radius 3 is 2.07 bits per heavy atom. The van der Waals surface area contributed by atoms with Gasteiger partial charge in [0.25, 0.3) is 0 Å². The molecule has 0 bridgehead atoms. The van der Waals surface area contributed by atoms with Crippen LogP contribution in [0.3, 0.4) is 0 Å². The SMILES string of the molecule is CC(C)CC(=O)N(C)[C@H](C(=N)N)C(C)C. The number of carbonyl (C=O) groups excluding carboxylic acids is 1. The first-order valence-electron chi connectivity index (χ1n) is 5.37. The van der Waals surface area contributed by atoms with Gasteiger partial charge in [-0.1, -0.05) is 27.7 Å². The normalized spacial score (nSPS) is 13.0. The number of rotatable bonds is 5. The van der Waals surface area contributed by atoms with E-state index in [2.05, 4.69) is 0 Å². The molecule has 0 fully saturated rings. The fourth-order valence-electron chi connectivity index (χ4n) is 1.66. The molecule has 3 N–H and O–H groups in total. The second kappa shape index (κ2) is 5.73. The van der Waals surface area contributed by atoms with Crippen LogP contribution in [0.4, 0.5) is 0 Å². The molecule has 0 rings (SSSR count). The van der Waals surface area contributed by atoms with Crippen molar-refractivity contribution in [2.45, 2.75) is 40.2 Å². The van der Waals surface area contributed by atoms with Crippen molar-refractivity contribution in [2.24, 2.45) is 17.6 Å². The topological polar surface area (TPSA) is 70.2 Å². The summed E-state index contributed by atoms with van der Waals surface area (Å²) in [6.45, 7) is 7.93. The van der Waals surface area contributed by atoms with E-state index < -0.39 is 0 Å². The summed E-state index contributed by atoms with van der Waals surface area (Å²) in [5.41, 5.74) is 5.50. The molecule has 88 valence electrons. The molecule has 0 aliphatic carbocycles. The van der Waals surface area contributed by atoms with E-state index in [1.54, 1.807) is 11.9 Å². The highest BCUT2D eigenvalue weighted by molar-refractivity contribution is 5.88. The molecule has 0 aliphatic rings. The molecule has 0 unspecified atom stereocenters. The Morgan fingerprint density at radius 2 is 1.80 bits per heavy atom. The molecule has 4 heteroatoms. The number of amides is 1. The lowest BCUT2D eigenvalue weighted by Crippen LogP contribution is -2.48. The summed E-state index contributed by atoms with van der Waals surface area (Å²) in [6.07, 6.45) is 0.507. The molecule has 0 aromatic carbocycles. The van der Waals surface area contributed by atoms with Gasteiger partial charge in [0, 0.05) is 13.5 Å². The first kappa shape index (κ1) is 13.9. The van der Waals surface area contributed by atoms with Crippen LogP contribution in [-0.4, -0.2) is 29.7 Å². The van der Waals surface area contributed by atoms with Gasteiger partial charge in [0.15, 0.2) is 0 Å². The lowest BCUT2D eigenvalue weighted by Gasteiger charge is -2.30. The van der Waals surface area contributed by atoms with E-state index in [4.69, 9.17) is 11.1 Å². The van der Waals surface area contributed by atoms with Crippen LogP contribution >= 0.6 is 0 Å². The maximum Gasteiger partial charge on any atom is 0.223 e. The molecule has 15 heavy (non-hydrogen) atoms. The highest BCUT2D eigenvalue weighted by Gasteiger charge is 2.25. The zero-order valence-electron chi connectivity index (χ0n) is 10.4. The molecule has 0 aromatic heterocycles. The maximum atomic E-state index is 11.8. The van der Waals surface area contributed by atoms with Crippen LogP contribution in [0.15, 0.2) is 0 Å². The summed E-state index contributed by atoms with van der Waals surface area (Å²) >= 11 is 0. The van der Waals surface area contributed by atoms with Crippen molar-refractivity contribution in [2.75, 3.05) is 7.05 Å². The minimum absolute atomic E-state index is 0.0545. The molecule has 0 radical (unpaired) electrons. The number of amidine groups is 1. The Bertz CT molecular complexity index is 236. The van der Waals surface area contributed by atoms with Crippen LogP contribution in [0.25, 0.3) is 0 Å². The minimum atomic E-state index is -0.281. The van der Waals surface area contributed by atoms with Crippen LogP contribution in [-0.2, 0) is 4.79 Å². The summed E-state index contributed by atoms with van der Waals surface area (Å²) < 4.78 is 0. The minimum Gasteiger partial charge on any atom is -0.386 e. The molecule has 1 amide bonds. The van der Waals surface area contributed by atoms with Crippen LogP contribution < -0.4 is 5.73 Å². The molecule has 0 saturated carbocycles. The Hall–Kier alpha value is -1.06. The zero-order chi connectivity index (χ0) is 12.2. The van der Waals surface area contributed by atoms with Crippen LogP contribution in [0.1, 0.15) is 34.1 Å². The van der Waals surface area contributed by atoms with Gasteiger partial charge in [-0.15, -0.1) is 0 Å². The molecule has 0 heterocycles. The average molecular weight is 213 g/mol. The quantitative estimate of drug-likeness (QED) is 0.536. The fraction of sp³-hybridized carbons (Fsp3) is 0.818. The van der Waals surface area contributed by atoms with Gasteiger partial charge in [-0.3, -0.25) is 10.2 Å². The molecule has 0 aromatic rings.